The third-order valence-electron chi connectivity index (χ3n) is 5.60. The molecule has 0 spiro atoms. The number of carboxylic acids is 1. The van der Waals surface area contributed by atoms with Crippen LogP contribution in [0.4, 0.5) is 17.1 Å². The van der Waals surface area contributed by atoms with Crippen LogP contribution in [0, 0.1) is 0 Å². The summed E-state index contributed by atoms with van der Waals surface area (Å²) in [5, 5.41) is 12.5. The molecule has 1 heterocycles. The van der Waals surface area contributed by atoms with E-state index in [0.717, 1.165) is 31.9 Å². The molecule has 1 aliphatic heterocycles. The number of piperazine rings is 1. The Hall–Kier alpha value is -4.00. The topological polar surface area (TPSA) is 82.1 Å². The predicted molar refractivity (Wildman–Crippen MR) is 125 cm³/mol. The summed E-state index contributed by atoms with van der Waals surface area (Å²) in [5.41, 5.74) is 2.77. The minimum atomic E-state index is -1.08. The van der Waals surface area contributed by atoms with Crippen LogP contribution in [0.15, 0.2) is 72.8 Å². The zero-order valence-corrected chi connectivity index (χ0v) is 17.8. The van der Waals surface area contributed by atoms with Gasteiger partial charge < -0.3 is 25.0 Å². The summed E-state index contributed by atoms with van der Waals surface area (Å²) < 4.78 is 5.10. The SMILES string of the molecule is COc1ccc(C(=O)Nc2ccc(N3CCN(c4ccccc4)CC3)cc2C(=O)O)cc1. The fourth-order valence-corrected chi connectivity index (χ4v) is 3.81. The molecule has 32 heavy (non-hydrogen) atoms. The second kappa shape index (κ2) is 9.43. The molecule has 0 unspecified atom stereocenters. The minimum Gasteiger partial charge on any atom is -0.497 e. The molecule has 3 aromatic carbocycles. The molecule has 0 bridgehead atoms. The highest BCUT2D eigenvalue weighted by atomic mass is 16.5. The van der Waals surface area contributed by atoms with Gasteiger partial charge in [0, 0.05) is 43.1 Å². The molecule has 164 valence electrons. The molecule has 1 saturated heterocycles. The number of carbonyl (C=O) groups is 2. The minimum absolute atomic E-state index is 0.0647. The van der Waals surface area contributed by atoms with E-state index in [0.29, 0.717) is 11.3 Å². The van der Waals surface area contributed by atoms with Crippen LogP contribution >= 0.6 is 0 Å². The summed E-state index contributed by atoms with van der Waals surface area (Å²) in [6.07, 6.45) is 0. The summed E-state index contributed by atoms with van der Waals surface area (Å²) in [6.45, 7) is 3.27. The Kier molecular flexibility index (Phi) is 6.26. The first-order valence-electron chi connectivity index (χ1n) is 10.4. The van der Waals surface area contributed by atoms with Gasteiger partial charge in [0.25, 0.3) is 5.91 Å². The Balaban J connectivity index is 1.47. The molecule has 0 aliphatic carbocycles. The lowest BCUT2D eigenvalue weighted by Crippen LogP contribution is -2.46. The molecule has 0 atom stereocenters. The average molecular weight is 431 g/mol. The van der Waals surface area contributed by atoms with Crippen molar-refractivity contribution in [2.45, 2.75) is 0 Å². The highest BCUT2D eigenvalue weighted by Gasteiger charge is 2.20. The fourth-order valence-electron chi connectivity index (χ4n) is 3.81. The molecule has 7 nitrogen and oxygen atoms in total. The van der Waals surface area contributed by atoms with E-state index in [1.54, 1.807) is 43.5 Å². The van der Waals surface area contributed by atoms with Crippen molar-refractivity contribution in [3.63, 3.8) is 0 Å². The van der Waals surface area contributed by atoms with Crippen LogP contribution < -0.4 is 19.9 Å². The number of para-hydroxylation sites is 1. The van der Waals surface area contributed by atoms with Crippen LogP contribution in [0.25, 0.3) is 0 Å². The van der Waals surface area contributed by atoms with Crippen molar-refractivity contribution in [3.05, 3.63) is 83.9 Å². The van der Waals surface area contributed by atoms with Crippen LogP contribution in [0.3, 0.4) is 0 Å². The highest BCUT2D eigenvalue weighted by molar-refractivity contribution is 6.08. The summed E-state index contributed by atoms with van der Waals surface area (Å²) in [7, 11) is 1.55. The van der Waals surface area contributed by atoms with Crippen molar-refractivity contribution < 1.29 is 19.4 Å². The molecule has 0 aromatic heterocycles. The number of methoxy groups -OCH3 is 1. The smallest absolute Gasteiger partial charge is 0.337 e. The molecule has 0 radical (unpaired) electrons. The number of hydrogen-bond acceptors (Lipinski definition) is 5. The predicted octanol–water partition coefficient (Wildman–Crippen LogP) is 3.97. The first kappa shape index (κ1) is 21.2. The standard InChI is InChI=1S/C25H25N3O4/c1-32-21-10-7-18(8-11-21)24(29)26-23-12-9-20(17-22(23)25(30)31)28-15-13-27(14-16-28)19-5-3-2-4-6-19/h2-12,17H,13-16H2,1H3,(H,26,29)(H,30,31). The van der Waals surface area contributed by atoms with Crippen molar-refractivity contribution in [1.29, 1.82) is 0 Å². The Labute approximate surface area is 186 Å². The summed E-state index contributed by atoms with van der Waals surface area (Å²) in [6, 6.07) is 22.0. The van der Waals surface area contributed by atoms with Crippen molar-refractivity contribution in [2.75, 3.05) is 48.4 Å². The summed E-state index contributed by atoms with van der Waals surface area (Å²) in [4.78, 5) is 29.0. The summed E-state index contributed by atoms with van der Waals surface area (Å²) >= 11 is 0. The number of hydrogen-bond donors (Lipinski definition) is 2. The third kappa shape index (κ3) is 4.67. The molecule has 7 heteroatoms. The number of carboxylic acid groups (broad SMARTS) is 1. The number of aromatic carboxylic acids is 1. The van der Waals surface area contributed by atoms with Crippen molar-refractivity contribution in [2.24, 2.45) is 0 Å². The van der Waals surface area contributed by atoms with Gasteiger partial charge in [0.05, 0.1) is 18.4 Å². The quantitative estimate of drug-likeness (QED) is 0.615. The zero-order chi connectivity index (χ0) is 22.5. The molecule has 0 saturated carbocycles. The number of anilines is 3. The van der Waals surface area contributed by atoms with Gasteiger partial charge >= 0.3 is 5.97 Å². The summed E-state index contributed by atoms with van der Waals surface area (Å²) in [5.74, 6) is -0.816. The Morgan fingerprint density at radius 1 is 0.844 bits per heavy atom. The van der Waals surface area contributed by atoms with Crippen LogP contribution in [0.1, 0.15) is 20.7 Å². The second-order valence-electron chi connectivity index (χ2n) is 7.53. The Bertz CT molecular complexity index is 1090. The van der Waals surface area contributed by atoms with E-state index in [2.05, 4.69) is 27.2 Å². The Morgan fingerprint density at radius 3 is 2.06 bits per heavy atom. The second-order valence-corrected chi connectivity index (χ2v) is 7.53. The maximum Gasteiger partial charge on any atom is 0.337 e. The van der Waals surface area contributed by atoms with Gasteiger partial charge in [-0.15, -0.1) is 0 Å². The molecule has 4 rings (SSSR count). The van der Waals surface area contributed by atoms with Gasteiger partial charge in [0.15, 0.2) is 0 Å². The van der Waals surface area contributed by atoms with E-state index >= 15 is 0 Å². The molecular weight excluding hydrogens is 406 g/mol. The van der Waals surface area contributed by atoms with E-state index in [4.69, 9.17) is 4.74 Å². The maximum absolute atomic E-state index is 12.6. The van der Waals surface area contributed by atoms with Gasteiger partial charge in [-0.1, -0.05) is 18.2 Å². The number of amides is 1. The molecule has 3 aromatic rings. The number of rotatable bonds is 6. The number of carbonyl (C=O) groups excluding carboxylic acids is 1. The van der Waals surface area contributed by atoms with Gasteiger partial charge in [0.2, 0.25) is 0 Å². The van der Waals surface area contributed by atoms with Gasteiger partial charge in [-0.25, -0.2) is 4.79 Å². The first-order chi connectivity index (χ1) is 15.5. The van der Waals surface area contributed by atoms with Gasteiger partial charge in [0.1, 0.15) is 5.75 Å². The van der Waals surface area contributed by atoms with E-state index in [9.17, 15) is 14.7 Å². The fraction of sp³-hybridized carbons (Fsp3) is 0.200. The van der Waals surface area contributed by atoms with Crippen LogP contribution in [0.5, 0.6) is 5.75 Å². The van der Waals surface area contributed by atoms with Crippen molar-refractivity contribution in [1.82, 2.24) is 0 Å². The van der Waals surface area contributed by atoms with Crippen LogP contribution in [-0.2, 0) is 0 Å². The number of nitrogens with one attached hydrogen (secondary N) is 1. The molecule has 1 fully saturated rings. The van der Waals surface area contributed by atoms with E-state index in [-0.39, 0.29) is 17.2 Å². The van der Waals surface area contributed by atoms with Gasteiger partial charge in [-0.05, 0) is 54.6 Å². The van der Waals surface area contributed by atoms with E-state index in [1.165, 1.54) is 5.69 Å². The van der Waals surface area contributed by atoms with Crippen molar-refractivity contribution in [3.8, 4) is 5.75 Å². The van der Waals surface area contributed by atoms with Crippen LogP contribution in [0.2, 0.25) is 0 Å². The number of ether oxygens (including phenoxy) is 1. The number of benzene rings is 3. The van der Waals surface area contributed by atoms with Gasteiger partial charge in [-0.3, -0.25) is 4.79 Å². The molecule has 1 aliphatic rings. The largest absolute Gasteiger partial charge is 0.497 e. The van der Waals surface area contributed by atoms with E-state index in [1.807, 2.05) is 24.3 Å². The molecule has 2 N–H and O–H groups in total. The van der Waals surface area contributed by atoms with Crippen molar-refractivity contribution >= 4 is 28.9 Å². The monoisotopic (exact) mass is 431 g/mol. The van der Waals surface area contributed by atoms with Crippen LogP contribution in [-0.4, -0.2) is 50.3 Å². The maximum atomic E-state index is 12.6. The van der Waals surface area contributed by atoms with E-state index < -0.39 is 5.97 Å². The van der Waals surface area contributed by atoms with Gasteiger partial charge in [-0.2, -0.15) is 0 Å². The Morgan fingerprint density at radius 2 is 1.47 bits per heavy atom. The lowest BCUT2D eigenvalue weighted by Gasteiger charge is -2.37. The lowest BCUT2D eigenvalue weighted by atomic mass is 10.1. The highest BCUT2D eigenvalue weighted by Crippen LogP contribution is 2.26. The third-order valence-corrected chi connectivity index (χ3v) is 5.60. The molecule has 1 amide bonds. The number of nitrogens with zero attached hydrogens (tertiary/aromatic N) is 2. The zero-order valence-electron chi connectivity index (χ0n) is 17.8. The lowest BCUT2D eigenvalue weighted by molar-refractivity contribution is 0.0698. The average Bonchev–Trinajstić information content (AvgIpc) is 2.85. The normalized spacial score (nSPS) is 13.5. The first-order valence-corrected chi connectivity index (χ1v) is 10.4. The molecular formula is C25H25N3O4.